The largest absolute Gasteiger partial charge is 0.491 e. The van der Waals surface area contributed by atoms with Gasteiger partial charge in [0, 0.05) is 0 Å². The van der Waals surface area contributed by atoms with Gasteiger partial charge in [0.05, 0.1) is 23.8 Å². The van der Waals surface area contributed by atoms with Crippen molar-refractivity contribution in [3.63, 3.8) is 0 Å². The van der Waals surface area contributed by atoms with E-state index in [1.165, 1.54) is 0 Å². The van der Waals surface area contributed by atoms with Gasteiger partial charge in [-0.05, 0) is 44.4 Å². The topological polar surface area (TPSA) is 42.2 Å². The molecule has 1 aliphatic rings. The van der Waals surface area contributed by atoms with Gasteiger partial charge >= 0.3 is 0 Å². The lowest BCUT2D eigenvalue weighted by atomic mass is 10.1. The predicted molar refractivity (Wildman–Crippen MR) is 65.0 cm³/mol. The van der Waals surface area contributed by atoms with Gasteiger partial charge in [0.25, 0.3) is 0 Å². The zero-order valence-corrected chi connectivity index (χ0v) is 10.3. The molecular formula is C14H17NO2. The highest BCUT2D eigenvalue weighted by Gasteiger charge is 2.22. The molecule has 3 heteroatoms. The molecule has 1 heterocycles. The molecule has 0 aliphatic carbocycles. The number of hydrogen-bond donors (Lipinski definition) is 0. The second-order valence-corrected chi connectivity index (χ2v) is 4.55. The Kier molecular flexibility index (Phi) is 3.65. The van der Waals surface area contributed by atoms with Crippen molar-refractivity contribution < 1.29 is 9.47 Å². The van der Waals surface area contributed by atoms with Crippen molar-refractivity contribution in [1.29, 1.82) is 5.26 Å². The summed E-state index contributed by atoms with van der Waals surface area (Å²) in [6.45, 7) is 4.64. The summed E-state index contributed by atoms with van der Waals surface area (Å²) in [5.41, 5.74) is 1.68. The van der Waals surface area contributed by atoms with E-state index in [2.05, 4.69) is 13.0 Å². The Morgan fingerprint density at radius 3 is 2.94 bits per heavy atom. The Balaban J connectivity index is 1.97. The normalized spacial score (nSPS) is 23.4. The lowest BCUT2D eigenvalue weighted by Gasteiger charge is -2.14. The molecule has 0 spiro atoms. The fourth-order valence-corrected chi connectivity index (χ4v) is 2.02. The van der Waals surface area contributed by atoms with Gasteiger partial charge in [0.1, 0.15) is 12.4 Å². The molecule has 0 saturated carbocycles. The molecule has 1 aromatic carbocycles. The van der Waals surface area contributed by atoms with E-state index in [1.807, 2.05) is 13.0 Å². The monoisotopic (exact) mass is 231 g/mol. The Labute approximate surface area is 102 Å². The van der Waals surface area contributed by atoms with Gasteiger partial charge in [-0.15, -0.1) is 0 Å². The lowest BCUT2D eigenvalue weighted by Crippen LogP contribution is -2.18. The van der Waals surface area contributed by atoms with Gasteiger partial charge in [-0.2, -0.15) is 5.26 Å². The summed E-state index contributed by atoms with van der Waals surface area (Å²) in [5, 5.41) is 8.84. The van der Waals surface area contributed by atoms with E-state index in [1.54, 1.807) is 12.1 Å². The molecule has 2 rings (SSSR count). The number of nitrogens with zero attached hydrogens (tertiary/aromatic N) is 1. The second-order valence-electron chi connectivity index (χ2n) is 4.55. The highest BCUT2D eigenvalue weighted by atomic mass is 16.5. The minimum Gasteiger partial charge on any atom is -0.491 e. The summed E-state index contributed by atoms with van der Waals surface area (Å²) in [7, 11) is 0. The first kappa shape index (κ1) is 11.9. The Hall–Kier alpha value is -1.53. The molecule has 2 atom stereocenters. The van der Waals surface area contributed by atoms with Crippen LogP contribution >= 0.6 is 0 Å². The van der Waals surface area contributed by atoms with Crippen LogP contribution in [0, 0.1) is 18.3 Å². The molecule has 0 radical (unpaired) electrons. The summed E-state index contributed by atoms with van der Waals surface area (Å²) in [5.74, 6) is 0.784. The van der Waals surface area contributed by atoms with Crippen LogP contribution in [0.25, 0.3) is 0 Å². The fraction of sp³-hybridized carbons (Fsp3) is 0.500. The summed E-state index contributed by atoms with van der Waals surface area (Å²) in [6.07, 6.45) is 2.69. The minimum absolute atomic E-state index is 0.190. The van der Waals surface area contributed by atoms with Crippen molar-refractivity contribution in [2.24, 2.45) is 0 Å². The second kappa shape index (κ2) is 5.20. The molecule has 1 saturated heterocycles. The van der Waals surface area contributed by atoms with E-state index in [-0.39, 0.29) is 6.10 Å². The Morgan fingerprint density at radius 2 is 2.29 bits per heavy atom. The minimum atomic E-state index is 0.190. The van der Waals surface area contributed by atoms with Crippen molar-refractivity contribution in [1.82, 2.24) is 0 Å². The first-order valence-electron chi connectivity index (χ1n) is 5.98. The quantitative estimate of drug-likeness (QED) is 0.803. The number of aryl methyl sites for hydroxylation is 1. The smallest absolute Gasteiger partial charge is 0.123 e. The van der Waals surface area contributed by atoms with E-state index in [0.717, 1.165) is 24.2 Å². The van der Waals surface area contributed by atoms with Crippen LogP contribution in [0.1, 0.15) is 30.9 Å². The van der Waals surface area contributed by atoms with Crippen LogP contribution in [0.3, 0.4) is 0 Å². The zero-order chi connectivity index (χ0) is 12.3. The third kappa shape index (κ3) is 2.98. The van der Waals surface area contributed by atoms with Crippen LogP contribution in [-0.2, 0) is 4.74 Å². The molecule has 0 aromatic heterocycles. The molecule has 1 fully saturated rings. The summed E-state index contributed by atoms with van der Waals surface area (Å²) in [6, 6.07) is 7.61. The number of rotatable bonds is 3. The first-order chi connectivity index (χ1) is 8.19. The van der Waals surface area contributed by atoms with Crippen LogP contribution in [-0.4, -0.2) is 18.8 Å². The molecular weight excluding hydrogens is 214 g/mol. The molecule has 0 N–H and O–H groups in total. The maximum absolute atomic E-state index is 8.84. The van der Waals surface area contributed by atoms with Gasteiger partial charge in [-0.3, -0.25) is 0 Å². The van der Waals surface area contributed by atoms with Crippen molar-refractivity contribution in [2.75, 3.05) is 6.61 Å². The fourth-order valence-electron chi connectivity index (χ4n) is 2.02. The maximum Gasteiger partial charge on any atom is 0.123 e. The van der Waals surface area contributed by atoms with E-state index >= 15 is 0 Å². The van der Waals surface area contributed by atoms with Gasteiger partial charge in [-0.1, -0.05) is 6.07 Å². The third-order valence-corrected chi connectivity index (χ3v) is 3.06. The molecule has 3 nitrogen and oxygen atoms in total. The average Bonchev–Trinajstić information content (AvgIpc) is 2.74. The van der Waals surface area contributed by atoms with Crippen molar-refractivity contribution in [3.8, 4) is 11.8 Å². The molecule has 17 heavy (non-hydrogen) atoms. The van der Waals surface area contributed by atoms with Gasteiger partial charge in [-0.25, -0.2) is 0 Å². The van der Waals surface area contributed by atoms with Gasteiger partial charge in [0.2, 0.25) is 0 Å². The van der Waals surface area contributed by atoms with Gasteiger partial charge in [0.15, 0.2) is 0 Å². The summed E-state index contributed by atoms with van der Waals surface area (Å²) >= 11 is 0. The highest BCUT2D eigenvalue weighted by Crippen LogP contribution is 2.23. The Bertz CT molecular complexity index is 436. The molecule has 0 amide bonds. The molecule has 1 aliphatic heterocycles. The van der Waals surface area contributed by atoms with Crippen molar-refractivity contribution in [3.05, 3.63) is 29.3 Å². The standard InChI is InChI=1S/C14H17NO2/c1-10-3-5-12(8-15)7-14(10)16-9-13-6-4-11(2)17-13/h3,5,7,11,13H,4,6,9H2,1-2H3. The van der Waals surface area contributed by atoms with Crippen LogP contribution in [0.2, 0.25) is 0 Å². The molecule has 0 bridgehead atoms. The molecule has 1 aromatic rings. The third-order valence-electron chi connectivity index (χ3n) is 3.06. The zero-order valence-electron chi connectivity index (χ0n) is 10.3. The van der Waals surface area contributed by atoms with Crippen LogP contribution in [0.5, 0.6) is 5.75 Å². The van der Waals surface area contributed by atoms with Crippen LogP contribution in [0.15, 0.2) is 18.2 Å². The summed E-state index contributed by atoms with van der Waals surface area (Å²) < 4.78 is 11.4. The van der Waals surface area contributed by atoms with Crippen LogP contribution < -0.4 is 4.74 Å². The van der Waals surface area contributed by atoms with Gasteiger partial charge < -0.3 is 9.47 Å². The highest BCUT2D eigenvalue weighted by molar-refractivity contribution is 5.41. The number of nitriles is 1. The Morgan fingerprint density at radius 1 is 1.47 bits per heavy atom. The average molecular weight is 231 g/mol. The number of hydrogen-bond acceptors (Lipinski definition) is 3. The van der Waals surface area contributed by atoms with Crippen LogP contribution in [0.4, 0.5) is 0 Å². The first-order valence-corrected chi connectivity index (χ1v) is 5.98. The maximum atomic E-state index is 8.84. The SMILES string of the molecule is Cc1ccc(C#N)cc1OCC1CCC(C)O1. The summed E-state index contributed by atoms with van der Waals surface area (Å²) in [4.78, 5) is 0. The molecule has 2 unspecified atom stereocenters. The number of benzene rings is 1. The number of ether oxygens (including phenoxy) is 2. The van der Waals surface area contributed by atoms with E-state index in [4.69, 9.17) is 14.7 Å². The van der Waals surface area contributed by atoms with E-state index in [9.17, 15) is 0 Å². The van der Waals surface area contributed by atoms with E-state index in [0.29, 0.717) is 18.3 Å². The predicted octanol–water partition coefficient (Wildman–Crippen LogP) is 2.81. The van der Waals surface area contributed by atoms with E-state index < -0.39 is 0 Å². The lowest BCUT2D eigenvalue weighted by molar-refractivity contribution is 0.0263. The molecule has 90 valence electrons. The van der Waals surface area contributed by atoms with Crippen molar-refractivity contribution >= 4 is 0 Å². The van der Waals surface area contributed by atoms with Crippen molar-refractivity contribution in [2.45, 2.75) is 38.9 Å².